The van der Waals surface area contributed by atoms with Gasteiger partial charge >= 0.3 is 6.18 Å². The first-order valence-electron chi connectivity index (χ1n) is 8.62. The van der Waals surface area contributed by atoms with Gasteiger partial charge in [-0.3, -0.25) is 0 Å². The molecular weight excluding hydrogens is 355 g/mol. The van der Waals surface area contributed by atoms with E-state index in [0.29, 0.717) is 5.65 Å². The monoisotopic (exact) mass is 377 g/mol. The van der Waals surface area contributed by atoms with Gasteiger partial charge in [-0.15, -0.1) is 0 Å². The molecule has 0 saturated heterocycles. The van der Waals surface area contributed by atoms with Gasteiger partial charge < -0.3 is 15.4 Å². The fourth-order valence-electron chi connectivity index (χ4n) is 3.20. The topological polar surface area (TPSA) is 64.1 Å². The molecule has 0 fully saturated rings. The molecule has 0 spiro atoms. The summed E-state index contributed by atoms with van der Waals surface area (Å²) in [6.07, 6.45) is -2.67. The van der Waals surface area contributed by atoms with Gasteiger partial charge in [0, 0.05) is 23.2 Å². The lowest BCUT2D eigenvalue weighted by Gasteiger charge is -2.18. The van der Waals surface area contributed by atoms with Crippen LogP contribution in [-0.2, 0) is 12.7 Å². The minimum absolute atomic E-state index is 0.0188. The van der Waals surface area contributed by atoms with Crippen LogP contribution in [0.2, 0.25) is 0 Å². The molecule has 3 rings (SSSR count). The molecule has 0 unspecified atom stereocenters. The van der Waals surface area contributed by atoms with Crippen molar-refractivity contribution in [1.82, 2.24) is 9.55 Å². The van der Waals surface area contributed by atoms with E-state index in [1.165, 1.54) is 12.1 Å². The number of rotatable bonds is 4. The van der Waals surface area contributed by atoms with Crippen LogP contribution in [0.25, 0.3) is 22.3 Å². The smallest absolute Gasteiger partial charge is 0.389 e. The molecule has 0 aliphatic carbocycles. The first-order chi connectivity index (χ1) is 12.5. The summed E-state index contributed by atoms with van der Waals surface area (Å²) in [7, 11) is 0. The van der Waals surface area contributed by atoms with Crippen molar-refractivity contribution in [2.45, 2.75) is 45.1 Å². The first kappa shape index (κ1) is 19.4. The molecule has 0 amide bonds. The highest BCUT2D eigenvalue weighted by atomic mass is 19.4. The standard InChI is InChI=1S/C20H22F3N3O/c1-12(24)15-10-26(11-19(2,3)27)18-13(15)8-9-17(25-18)14-6-4-5-7-16(14)20(21,22)23/h4-10,12,27H,11,24H2,1-3H3/t12-/m1/s1. The molecule has 1 aromatic carbocycles. The highest BCUT2D eigenvalue weighted by Gasteiger charge is 2.33. The van der Waals surface area contributed by atoms with Crippen molar-refractivity contribution in [3.63, 3.8) is 0 Å². The van der Waals surface area contributed by atoms with Crippen LogP contribution in [0.1, 0.15) is 37.9 Å². The molecule has 2 aromatic heterocycles. The Hall–Kier alpha value is -2.38. The van der Waals surface area contributed by atoms with Gasteiger partial charge in [0.2, 0.25) is 0 Å². The predicted octanol–water partition coefficient (Wildman–Crippen LogP) is 4.51. The number of aliphatic hydroxyl groups is 1. The van der Waals surface area contributed by atoms with Gasteiger partial charge in [0.1, 0.15) is 5.65 Å². The molecule has 1 atom stereocenters. The summed E-state index contributed by atoms with van der Waals surface area (Å²) in [5, 5.41) is 11.0. The third-order valence-electron chi connectivity index (χ3n) is 4.31. The maximum atomic E-state index is 13.4. The molecule has 3 N–H and O–H groups in total. The molecule has 0 saturated carbocycles. The third-order valence-corrected chi connectivity index (χ3v) is 4.31. The van der Waals surface area contributed by atoms with Crippen molar-refractivity contribution in [3.8, 4) is 11.3 Å². The van der Waals surface area contributed by atoms with Gasteiger partial charge in [-0.2, -0.15) is 13.2 Å². The third kappa shape index (κ3) is 3.99. The Morgan fingerprint density at radius 3 is 2.41 bits per heavy atom. The van der Waals surface area contributed by atoms with Crippen molar-refractivity contribution in [1.29, 1.82) is 0 Å². The Kier molecular flexibility index (Phi) is 4.78. The van der Waals surface area contributed by atoms with Crippen LogP contribution < -0.4 is 5.73 Å². The van der Waals surface area contributed by atoms with Crippen molar-refractivity contribution in [2.24, 2.45) is 5.73 Å². The van der Waals surface area contributed by atoms with E-state index >= 15 is 0 Å². The van der Waals surface area contributed by atoms with E-state index in [0.717, 1.165) is 17.0 Å². The van der Waals surface area contributed by atoms with Crippen molar-refractivity contribution in [2.75, 3.05) is 0 Å². The van der Waals surface area contributed by atoms with Crippen molar-refractivity contribution < 1.29 is 18.3 Å². The average molecular weight is 377 g/mol. The molecule has 27 heavy (non-hydrogen) atoms. The summed E-state index contributed by atoms with van der Waals surface area (Å²) in [5.74, 6) is 0. The van der Waals surface area contributed by atoms with Crippen LogP contribution in [0.4, 0.5) is 13.2 Å². The van der Waals surface area contributed by atoms with E-state index in [-0.39, 0.29) is 23.8 Å². The maximum absolute atomic E-state index is 13.4. The SMILES string of the molecule is C[C@@H](N)c1cn(CC(C)(C)O)c2nc(-c3ccccc3C(F)(F)F)ccc12. The largest absolute Gasteiger partial charge is 0.417 e. The molecule has 0 aliphatic rings. The van der Waals surface area contributed by atoms with Crippen LogP contribution in [0, 0.1) is 0 Å². The lowest BCUT2D eigenvalue weighted by molar-refractivity contribution is -0.137. The summed E-state index contributed by atoms with van der Waals surface area (Å²) in [6, 6.07) is 8.41. The van der Waals surface area contributed by atoms with Gasteiger partial charge in [-0.05, 0) is 44.5 Å². The quantitative estimate of drug-likeness (QED) is 0.703. The molecule has 144 valence electrons. The van der Waals surface area contributed by atoms with Crippen molar-refractivity contribution in [3.05, 3.63) is 53.7 Å². The van der Waals surface area contributed by atoms with Crippen LogP contribution in [0.3, 0.4) is 0 Å². The van der Waals surface area contributed by atoms with E-state index in [2.05, 4.69) is 4.98 Å². The first-order valence-corrected chi connectivity index (χ1v) is 8.62. The van der Waals surface area contributed by atoms with Crippen LogP contribution in [0.5, 0.6) is 0 Å². The lowest BCUT2D eigenvalue weighted by Crippen LogP contribution is -2.25. The zero-order valence-electron chi connectivity index (χ0n) is 15.4. The summed E-state index contributed by atoms with van der Waals surface area (Å²) >= 11 is 0. The highest BCUT2D eigenvalue weighted by molar-refractivity contribution is 5.84. The zero-order valence-corrected chi connectivity index (χ0v) is 15.4. The number of nitrogens with two attached hydrogens (primary N) is 1. The fourth-order valence-corrected chi connectivity index (χ4v) is 3.20. The van der Waals surface area contributed by atoms with Crippen LogP contribution in [0.15, 0.2) is 42.6 Å². The summed E-state index contributed by atoms with van der Waals surface area (Å²) in [5.41, 5.74) is 5.86. The van der Waals surface area contributed by atoms with Crippen LogP contribution >= 0.6 is 0 Å². The molecule has 7 heteroatoms. The molecular formula is C20H22F3N3O. The van der Waals surface area contributed by atoms with Gasteiger partial charge in [0.05, 0.1) is 23.4 Å². The molecule has 3 aromatic rings. The van der Waals surface area contributed by atoms with E-state index in [1.54, 1.807) is 42.8 Å². The normalized spacial score (nSPS) is 13.9. The number of alkyl halides is 3. The van der Waals surface area contributed by atoms with Gasteiger partial charge in [0.25, 0.3) is 0 Å². The minimum Gasteiger partial charge on any atom is -0.389 e. The molecule has 0 bridgehead atoms. The average Bonchev–Trinajstić information content (AvgIpc) is 2.90. The molecule has 0 radical (unpaired) electrons. The van der Waals surface area contributed by atoms with Crippen LogP contribution in [-0.4, -0.2) is 20.3 Å². The zero-order chi connectivity index (χ0) is 20.0. The Morgan fingerprint density at radius 1 is 1.15 bits per heavy atom. The van der Waals surface area contributed by atoms with Crippen molar-refractivity contribution >= 4 is 11.0 Å². The molecule has 0 aliphatic heterocycles. The number of hydrogen-bond donors (Lipinski definition) is 2. The van der Waals surface area contributed by atoms with E-state index in [4.69, 9.17) is 5.73 Å². The number of nitrogens with zero attached hydrogens (tertiary/aromatic N) is 2. The van der Waals surface area contributed by atoms with Gasteiger partial charge in [-0.1, -0.05) is 18.2 Å². The lowest BCUT2D eigenvalue weighted by atomic mass is 10.0. The second-order valence-electron chi connectivity index (χ2n) is 7.42. The minimum atomic E-state index is -4.47. The van der Waals surface area contributed by atoms with Gasteiger partial charge in [-0.25, -0.2) is 4.98 Å². The van der Waals surface area contributed by atoms with E-state index in [9.17, 15) is 18.3 Å². The number of halogens is 3. The summed E-state index contributed by atoms with van der Waals surface area (Å²) < 4.78 is 41.9. The maximum Gasteiger partial charge on any atom is 0.417 e. The van der Waals surface area contributed by atoms with E-state index in [1.807, 2.05) is 6.92 Å². The Bertz CT molecular complexity index is 969. The van der Waals surface area contributed by atoms with Gasteiger partial charge in [0.15, 0.2) is 0 Å². The number of hydrogen-bond acceptors (Lipinski definition) is 3. The molecule has 4 nitrogen and oxygen atoms in total. The number of benzene rings is 1. The summed E-state index contributed by atoms with van der Waals surface area (Å²) in [4.78, 5) is 4.50. The number of fused-ring (bicyclic) bond motifs is 1. The number of aromatic nitrogens is 2. The predicted molar refractivity (Wildman–Crippen MR) is 99.1 cm³/mol. The molecule has 2 heterocycles. The Balaban J connectivity index is 2.23. The van der Waals surface area contributed by atoms with E-state index < -0.39 is 17.3 Å². The number of pyridine rings is 1. The summed E-state index contributed by atoms with van der Waals surface area (Å²) in [6.45, 7) is 5.39. The fraction of sp³-hybridized carbons (Fsp3) is 0.350. The second kappa shape index (κ2) is 6.65. The second-order valence-corrected chi connectivity index (χ2v) is 7.42. The Labute approximate surface area is 155 Å². The highest BCUT2D eigenvalue weighted by Crippen LogP contribution is 2.37. The Morgan fingerprint density at radius 2 is 1.81 bits per heavy atom.